The van der Waals surface area contributed by atoms with Crippen molar-refractivity contribution in [1.29, 1.82) is 0 Å². The first kappa shape index (κ1) is 16.0. The van der Waals surface area contributed by atoms with Gasteiger partial charge in [0.2, 0.25) is 0 Å². The van der Waals surface area contributed by atoms with Crippen LogP contribution >= 0.6 is 0 Å². The summed E-state index contributed by atoms with van der Waals surface area (Å²) in [6.45, 7) is -0.441. The first-order valence-corrected chi connectivity index (χ1v) is 7.42. The molecule has 3 rings (SSSR count). The van der Waals surface area contributed by atoms with Crippen LogP contribution in [0.3, 0.4) is 0 Å². The molecule has 122 valence electrons. The molecule has 1 saturated heterocycles. The highest BCUT2D eigenvalue weighted by atomic mass is 16.5. The number of aliphatic hydroxyl groups is 4. The average molecular weight is 317 g/mol. The summed E-state index contributed by atoms with van der Waals surface area (Å²) < 4.78 is 5.58. The zero-order chi connectivity index (χ0) is 16.4. The topological polar surface area (TPSA) is 103 Å². The fourth-order valence-electron chi connectivity index (χ4n) is 2.81. The molecule has 6 heteroatoms. The van der Waals surface area contributed by atoms with Crippen LogP contribution in [0.25, 0.3) is 11.1 Å². The number of aromatic nitrogens is 1. The number of ether oxygens (including phenoxy) is 1. The Bertz CT molecular complexity index is 648. The number of pyridine rings is 1. The van der Waals surface area contributed by atoms with Gasteiger partial charge >= 0.3 is 0 Å². The van der Waals surface area contributed by atoms with E-state index in [0.29, 0.717) is 5.56 Å². The molecule has 1 aromatic heterocycles. The fraction of sp³-hybridized carbons (Fsp3) is 0.353. The lowest BCUT2D eigenvalue weighted by atomic mass is 9.90. The summed E-state index contributed by atoms with van der Waals surface area (Å²) in [4.78, 5) is 4.08. The number of nitrogens with zero attached hydrogens (tertiary/aromatic N) is 1. The van der Waals surface area contributed by atoms with E-state index in [4.69, 9.17) is 4.74 Å². The first-order valence-electron chi connectivity index (χ1n) is 7.42. The third-order valence-electron chi connectivity index (χ3n) is 4.10. The second-order valence-corrected chi connectivity index (χ2v) is 5.62. The maximum Gasteiger partial charge on any atom is 0.113 e. The summed E-state index contributed by atoms with van der Waals surface area (Å²) in [6.07, 6.45) is -2.35. The molecule has 3 unspecified atom stereocenters. The van der Waals surface area contributed by atoms with Gasteiger partial charge in [-0.1, -0.05) is 24.3 Å². The maximum atomic E-state index is 10.2. The predicted octanol–water partition coefficient (Wildman–Crippen LogP) is 0.263. The van der Waals surface area contributed by atoms with Gasteiger partial charge in [-0.25, -0.2) is 0 Å². The van der Waals surface area contributed by atoms with Crippen LogP contribution in [-0.2, 0) is 4.74 Å². The van der Waals surface area contributed by atoms with Crippen LogP contribution in [0.5, 0.6) is 0 Å². The second-order valence-electron chi connectivity index (χ2n) is 5.62. The third-order valence-corrected chi connectivity index (χ3v) is 4.10. The van der Waals surface area contributed by atoms with Crippen molar-refractivity contribution in [2.75, 3.05) is 6.61 Å². The van der Waals surface area contributed by atoms with E-state index in [1.165, 1.54) is 0 Å². The lowest BCUT2D eigenvalue weighted by Crippen LogP contribution is -2.55. The van der Waals surface area contributed by atoms with Crippen molar-refractivity contribution in [3.05, 3.63) is 54.4 Å². The predicted molar refractivity (Wildman–Crippen MR) is 82.4 cm³/mol. The van der Waals surface area contributed by atoms with Crippen molar-refractivity contribution < 1.29 is 25.2 Å². The van der Waals surface area contributed by atoms with Gasteiger partial charge in [-0.05, 0) is 28.8 Å². The van der Waals surface area contributed by atoms with Crippen LogP contribution in [0.2, 0.25) is 0 Å². The molecule has 5 atom stereocenters. The van der Waals surface area contributed by atoms with Crippen LogP contribution in [0.1, 0.15) is 11.7 Å². The highest BCUT2D eigenvalue weighted by molar-refractivity contribution is 5.63. The van der Waals surface area contributed by atoms with E-state index in [-0.39, 0.29) is 0 Å². The Labute approximate surface area is 133 Å². The van der Waals surface area contributed by atoms with Gasteiger partial charge in [-0.15, -0.1) is 0 Å². The highest BCUT2D eigenvalue weighted by Gasteiger charge is 2.43. The summed E-state index contributed by atoms with van der Waals surface area (Å²) in [5.41, 5.74) is 2.47. The van der Waals surface area contributed by atoms with Gasteiger partial charge in [-0.3, -0.25) is 4.98 Å². The lowest BCUT2D eigenvalue weighted by molar-refractivity contribution is -0.231. The molecule has 0 spiro atoms. The van der Waals surface area contributed by atoms with Crippen molar-refractivity contribution in [3.8, 4) is 11.1 Å². The van der Waals surface area contributed by atoms with Crippen molar-refractivity contribution in [2.45, 2.75) is 30.5 Å². The first-order chi connectivity index (χ1) is 11.1. The van der Waals surface area contributed by atoms with Gasteiger partial charge in [-0.2, -0.15) is 0 Å². The molecule has 0 radical (unpaired) electrons. The van der Waals surface area contributed by atoms with Gasteiger partial charge in [0.05, 0.1) is 6.61 Å². The van der Waals surface area contributed by atoms with E-state index >= 15 is 0 Å². The molecule has 1 aliphatic rings. The summed E-state index contributed by atoms with van der Waals surface area (Å²) in [7, 11) is 0. The Morgan fingerprint density at radius 3 is 2.43 bits per heavy atom. The molecule has 2 aromatic rings. The number of hydrogen-bond acceptors (Lipinski definition) is 6. The SMILES string of the molecule is OCC1O[C@H](c2cccc(-c3cccnc3)c2)C(O)C(O)[C@@H]1O. The summed E-state index contributed by atoms with van der Waals surface area (Å²) in [5, 5.41) is 39.3. The Hall–Kier alpha value is -1.83. The largest absolute Gasteiger partial charge is 0.394 e. The Kier molecular flexibility index (Phi) is 4.70. The molecule has 1 fully saturated rings. The van der Waals surface area contributed by atoms with Gasteiger partial charge in [0.1, 0.15) is 30.5 Å². The molecule has 0 saturated carbocycles. The van der Waals surface area contributed by atoms with Crippen molar-refractivity contribution in [3.63, 3.8) is 0 Å². The summed E-state index contributed by atoms with van der Waals surface area (Å²) in [5.74, 6) is 0. The Morgan fingerprint density at radius 1 is 0.957 bits per heavy atom. The normalized spacial score (nSPS) is 31.0. The molecule has 0 aliphatic carbocycles. The summed E-state index contributed by atoms with van der Waals surface area (Å²) >= 11 is 0. The third kappa shape index (κ3) is 3.12. The maximum absolute atomic E-state index is 10.2. The van der Waals surface area contributed by atoms with Crippen LogP contribution < -0.4 is 0 Å². The Balaban J connectivity index is 1.92. The van der Waals surface area contributed by atoms with Crippen molar-refractivity contribution >= 4 is 0 Å². The minimum atomic E-state index is -1.38. The van der Waals surface area contributed by atoms with Crippen LogP contribution in [0.4, 0.5) is 0 Å². The summed E-state index contributed by atoms with van der Waals surface area (Å²) in [6, 6.07) is 11.1. The Morgan fingerprint density at radius 2 is 1.74 bits per heavy atom. The zero-order valence-electron chi connectivity index (χ0n) is 12.4. The average Bonchev–Trinajstić information content (AvgIpc) is 2.61. The molecule has 2 heterocycles. The minimum absolute atomic E-state index is 0.441. The van der Waals surface area contributed by atoms with Crippen molar-refractivity contribution in [1.82, 2.24) is 4.98 Å². The molecule has 6 nitrogen and oxygen atoms in total. The van der Waals surface area contributed by atoms with E-state index in [9.17, 15) is 20.4 Å². The van der Waals surface area contributed by atoms with Crippen LogP contribution in [0, 0.1) is 0 Å². The molecule has 4 N–H and O–H groups in total. The number of aliphatic hydroxyl groups excluding tert-OH is 4. The molecular formula is C17H19NO5. The zero-order valence-corrected chi connectivity index (χ0v) is 12.4. The van der Waals surface area contributed by atoms with E-state index < -0.39 is 37.1 Å². The van der Waals surface area contributed by atoms with E-state index in [0.717, 1.165) is 11.1 Å². The molecule has 1 aliphatic heterocycles. The van der Waals surface area contributed by atoms with E-state index in [1.54, 1.807) is 18.5 Å². The van der Waals surface area contributed by atoms with Gasteiger partial charge in [0, 0.05) is 12.4 Å². The van der Waals surface area contributed by atoms with E-state index in [2.05, 4.69) is 4.98 Å². The fourth-order valence-corrected chi connectivity index (χ4v) is 2.81. The second kappa shape index (κ2) is 6.74. The molecular weight excluding hydrogens is 298 g/mol. The molecule has 0 amide bonds. The smallest absolute Gasteiger partial charge is 0.113 e. The van der Waals surface area contributed by atoms with Gasteiger partial charge in [0.15, 0.2) is 0 Å². The molecule has 0 bridgehead atoms. The van der Waals surface area contributed by atoms with E-state index in [1.807, 2.05) is 30.3 Å². The van der Waals surface area contributed by atoms with Crippen LogP contribution in [0.15, 0.2) is 48.8 Å². The standard InChI is InChI=1S/C17H19NO5/c19-9-13-14(20)15(21)16(22)17(23-13)11-4-1-3-10(7-11)12-5-2-6-18-8-12/h1-8,13-17,19-22H,9H2/t13?,14-,15?,16?,17-/m1/s1. The number of benzene rings is 1. The minimum Gasteiger partial charge on any atom is -0.394 e. The molecule has 1 aromatic carbocycles. The molecule has 23 heavy (non-hydrogen) atoms. The lowest BCUT2D eigenvalue weighted by Gasteiger charge is -2.40. The van der Waals surface area contributed by atoms with Crippen LogP contribution in [-0.4, -0.2) is 56.4 Å². The highest BCUT2D eigenvalue weighted by Crippen LogP contribution is 2.33. The van der Waals surface area contributed by atoms with Gasteiger partial charge < -0.3 is 25.2 Å². The van der Waals surface area contributed by atoms with Gasteiger partial charge in [0.25, 0.3) is 0 Å². The van der Waals surface area contributed by atoms with Crippen molar-refractivity contribution in [2.24, 2.45) is 0 Å². The number of rotatable bonds is 3. The monoisotopic (exact) mass is 317 g/mol. The quantitative estimate of drug-likeness (QED) is 0.648. The number of hydrogen-bond donors (Lipinski definition) is 4.